The summed E-state index contributed by atoms with van der Waals surface area (Å²) in [5.74, 6) is 0.247. The standard InChI is InChI=1S/C16H21FN2S/c1-12(2)18-9-13(8-15-10-20-11-19-15)7-14-5-3-4-6-16(14)17/h3-6,10-13,18H,7-9H2,1-2H3. The second-order valence-electron chi connectivity index (χ2n) is 5.41. The molecule has 2 aromatic rings. The SMILES string of the molecule is CC(C)NCC(Cc1cscn1)Cc1ccccc1F. The molecule has 1 atom stereocenters. The predicted molar refractivity (Wildman–Crippen MR) is 82.6 cm³/mol. The molecule has 0 saturated carbocycles. The Kier molecular flexibility index (Phi) is 5.68. The van der Waals surface area contributed by atoms with Gasteiger partial charge in [0.1, 0.15) is 5.82 Å². The fourth-order valence-electron chi connectivity index (χ4n) is 2.23. The van der Waals surface area contributed by atoms with Crippen LogP contribution in [0, 0.1) is 11.7 Å². The van der Waals surface area contributed by atoms with Crippen molar-refractivity contribution in [1.82, 2.24) is 10.3 Å². The molecule has 108 valence electrons. The third-order valence-electron chi connectivity index (χ3n) is 3.26. The van der Waals surface area contributed by atoms with E-state index in [0.29, 0.717) is 12.0 Å². The van der Waals surface area contributed by atoms with E-state index in [4.69, 9.17) is 0 Å². The van der Waals surface area contributed by atoms with E-state index in [1.807, 2.05) is 17.6 Å². The zero-order valence-corrected chi connectivity index (χ0v) is 12.8. The van der Waals surface area contributed by atoms with Crippen LogP contribution in [0.5, 0.6) is 0 Å². The molecular weight excluding hydrogens is 271 g/mol. The van der Waals surface area contributed by atoms with E-state index in [2.05, 4.69) is 29.5 Å². The molecule has 2 rings (SSSR count). The first-order valence-corrected chi connectivity index (χ1v) is 7.93. The number of rotatable bonds is 7. The van der Waals surface area contributed by atoms with Gasteiger partial charge in [0.25, 0.3) is 0 Å². The number of nitrogens with one attached hydrogen (secondary N) is 1. The van der Waals surface area contributed by atoms with Gasteiger partial charge in [-0.3, -0.25) is 0 Å². The molecule has 0 amide bonds. The summed E-state index contributed by atoms with van der Waals surface area (Å²) in [7, 11) is 0. The molecule has 4 heteroatoms. The van der Waals surface area contributed by atoms with Gasteiger partial charge in [-0.25, -0.2) is 9.37 Å². The monoisotopic (exact) mass is 292 g/mol. The summed E-state index contributed by atoms with van der Waals surface area (Å²) < 4.78 is 13.8. The summed E-state index contributed by atoms with van der Waals surface area (Å²) in [4.78, 5) is 4.34. The minimum atomic E-state index is -0.111. The van der Waals surface area contributed by atoms with Crippen LogP contribution in [-0.4, -0.2) is 17.6 Å². The van der Waals surface area contributed by atoms with Gasteiger partial charge >= 0.3 is 0 Å². The minimum Gasteiger partial charge on any atom is -0.314 e. The molecule has 0 saturated heterocycles. The molecule has 1 heterocycles. The third kappa shape index (κ3) is 4.69. The van der Waals surface area contributed by atoms with Gasteiger partial charge in [0.15, 0.2) is 0 Å². The van der Waals surface area contributed by atoms with Crippen molar-refractivity contribution in [3.63, 3.8) is 0 Å². The van der Waals surface area contributed by atoms with E-state index < -0.39 is 0 Å². The zero-order chi connectivity index (χ0) is 14.4. The molecule has 1 N–H and O–H groups in total. The summed E-state index contributed by atoms with van der Waals surface area (Å²) in [5.41, 5.74) is 3.74. The molecule has 0 radical (unpaired) electrons. The van der Waals surface area contributed by atoms with Gasteiger partial charge in [0.05, 0.1) is 11.2 Å². The van der Waals surface area contributed by atoms with Gasteiger partial charge < -0.3 is 5.32 Å². The first-order chi connectivity index (χ1) is 9.65. The van der Waals surface area contributed by atoms with Crippen molar-refractivity contribution in [3.8, 4) is 0 Å². The van der Waals surface area contributed by atoms with Gasteiger partial charge in [0.2, 0.25) is 0 Å². The molecule has 0 bridgehead atoms. The molecular formula is C16H21FN2S. The Morgan fingerprint density at radius 1 is 1.25 bits per heavy atom. The van der Waals surface area contributed by atoms with Gasteiger partial charge in [-0.05, 0) is 36.9 Å². The molecule has 1 aromatic carbocycles. The summed E-state index contributed by atoms with van der Waals surface area (Å²) in [6.07, 6.45) is 1.63. The fraction of sp³-hybridized carbons (Fsp3) is 0.438. The lowest BCUT2D eigenvalue weighted by molar-refractivity contribution is 0.435. The van der Waals surface area contributed by atoms with Crippen molar-refractivity contribution in [2.45, 2.75) is 32.7 Å². The lowest BCUT2D eigenvalue weighted by Crippen LogP contribution is -2.31. The molecule has 2 nitrogen and oxygen atoms in total. The number of benzene rings is 1. The first-order valence-electron chi connectivity index (χ1n) is 6.99. The van der Waals surface area contributed by atoms with Gasteiger partial charge in [-0.1, -0.05) is 32.0 Å². The number of nitrogens with zero attached hydrogens (tertiary/aromatic N) is 1. The number of aromatic nitrogens is 1. The highest BCUT2D eigenvalue weighted by Gasteiger charge is 2.14. The van der Waals surface area contributed by atoms with Crippen molar-refractivity contribution in [2.75, 3.05) is 6.54 Å². The van der Waals surface area contributed by atoms with E-state index in [9.17, 15) is 4.39 Å². The summed E-state index contributed by atoms with van der Waals surface area (Å²) >= 11 is 1.61. The van der Waals surface area contributed by atoms with Gasteiger partial charge in [0, 0.05) is 11.4 Å². The van der Waals surface area contributed by atoms with Gasteiger partial charge in [-0.2, -0.15) is 0 Å². The van der Waals surface area contributed by atoms with E-state index in [1.165, 1.54) is 6.07 Å². The minimum absolute atomic E-state index is 0.111. The Hall–Kier alpha value is -1.26. The lowest BCUT2D eigenvalue weighted by atomic mass is 9.94. The fourth-order valence-corrected chi connectivity index (χ4v) is 2.80. The van der Waals surface area contributed by atoms with E-state index in [0.717, 1.165) is 30.6 Å². The highest BCUT2D eigenvalue weighted by molar-refractivity contribution is 7.07. The third-order valence-corrected chi connectivity index (χ3v) is 3.90. The normalized spacial score (nSPS) is 12.8. The van der Waals surface area contributed by atoms with Crippen LogP contribution in [0.1, 0.15) is 25.1 Å². The number of thiazole rings is 1. The van der Waals surface area contributed by atoms with Crippen molar-refractivity contribution in [1.29, 1.82) is 0 Å². The van der Waals surface area contributed by atoms with Crippen LogP contribution in [-0.2, 0) is 12.8 Å². The molecule has 1 unspecified atom stereocenters. The molecule has 0 spiro atoms. The smallest absolute Gasteiger partial charge is 0.126 e. The van der Waals surface area contributed by atoms with Crippen molar-refractivity contribution >= 4 is 11.3 Å². The highest BCUT2D eigenvalue weighted by Crippen LogP contribution is 2.17. The molecule has 0 fully saturated rings. The van der Waals surface area contributed by atoms with Crippen LogP contribution in [0.25, 0.3) is 0 Å². The van der Waals surface area contributed by atoms with E-state index in [1.54, 1.807) is 17.4 Å². The summed E-state index contributed by atoms with van der Waals surface area (Å²) in [6, 6.07) is 7.48. The largest absolute Gasteiger partial charge is 0.314 e. The maximum atomic E-state index is 13.8. The Morgan fingerprint density at radius 2 is 2.05 bits per heavy atom. The second-order valence-corrected chi connectivity index (χ2v) is 6.13. The maximum absolute atomic E-state index is 13.8. The molecule has 0 aliphatic carbocycles. The van der Waals surface area contributed by atoms with E-state index in [-0.39, 0.29) is 5.82 Å². The van der Waals surface area contributed by atoms with Crippen molar-refractivity contribution < 1.29 is 4.39 Å². The molecule has 20 heavy (non-hydrogen) atoms. The topological polar surface area (TPSA) is 24.9 Å². The summed E-state index contributed by atoms with van der Waals surface area (Å²) in [5, 5.41) is 5.52. The van der Waals surface area contributed by atoms with Crippen LogP contribution >= 0.6 is 11.3 Å². The summed E-state index contributed by atoms with van der Waals surface area (Å²) in [6.45, 7) is 5.13. The lowest BCUT2D eigenvalue weighted by Gasteiger charge is -2.19. The van der Waals surface area contributed by atoms with Crippen molar-refractivity contribution in [2.24, 2.45) is 5.92 Å². The quantitative estimate of drug-likeness (QED) is 0.842. The second kappa shape index (κ2) is 7.50. The Morgan fingerprint density at radius 3 is 2.70 bits per heavy atom. The van der Waals surface area contributed by atoms with Gasteiger partial charge in [-0.15, -0.1) is 11.3 Å². The maximum Gasteiger partial charge on any atom is 0.126 e. The van der Waals surface area contributed by atoms with Crippen LogP contribution < -0.4 is 5.32 Å². The molecule has 0 aliphatic rings. The number of halogens is 1. The highest BCUT2D eigenvalue weighted by atomic mass is 32.1. The van der Waals surface area contributed by atoms with Crippen LogP contribution in [0.15, 0.2) is 35.2 Å². The van der Waals surface area contributed by atoms with Crippen LogP contribution in [0.3, 0.4) is 0 Å². The van der Waals surface area contributed by atoms with Crippen molar-refractivity contribution in [3.05, 3.63) is 52.2 Å². The first kappa shape index (κ1) is 15.1. The van der Waals surface area contributed by atoms with Crippen LogP contribution in [0.4, 0.5) is 4.39 Å². The number of hydrogen-bond acceptors (Lipinski definition) is 3. The average molecular weight is 292 g/mol. The number of hydrogen-bond donors (Lipinski definition) is 1. The zero-order valence-electron chi connectivity index (χ0n) is 12.0. The molecule has 1 aromatic heterocycles. The van der Waals surface area contributed by atoms with Crippen LogP contribution in [0.2, 0.25) is 0 Å². The Bertz CT molecular complexity index is 511. The Labute approximate surface area is 124 Å². The Balaban J connectivity index is 2.03. The predicted octanol–water partition coefficient (Wildman–Crippen LogP) is 3.68. The average Bonchev–Trinajstić information content (AvgIpc) is 2.91. The molecule has 0 aliphatic heterocycles. The van der Waals surface area contributed by atoms with E-state index >= 15 is 0 Å².